The number of likely N-dealkylation sites (tertiary alicyclic amines) is 1. The fourth-order valence-electron chi connectivity index (χ4n) is 2.75. The molecular formula is C14H20FN3O3S. The van der Waals surface area contributed by atoms with Gasteiger partial charge in [-0.1, -0.05) is 0 Å². The fraction of sp³-hybridized carbons (Fsp3) is 0.500. The van der Waals surface area contributed by atoms with Crippen molar-refractivity contribution in [2.75, 3.05) is 26.7 Å². The summed E-state index contributed by atoms with van der Waals surface area (Å²) in [6.07, 6.45) is 1.94. The van der Waals surface area contributed by atoms with Gasteiger partial charge in [0.15, 0.2) is 0 Å². The van der Waals surface area contributed by atoms with E-state index in [1.54, 1.807) is 4.90 Å². The van der Waals surface area contributed by atoms with Gasteiger partial charge in [0.05, 0.1) is 0 Å². The molecule has 0 saturated carbocycles. The Bertz CT molecular complexity index is 661. The van der Waals surface area contributed by atoms with Gasteiger partial charge >= 0.3 is 0 Å². The van der Waals surface area contributed by atoms with E-state index in [0.29, 0.717) is 19.0 Å². The van der Waals surface area contributed by atoms with Crippen LogP contribution >= 0.6 is 0 Å². The van der Waals surface area contributed by atoms with Crippen molar-refractivity contribution < 1.29 is 17.6 Å². The summed E-state index contributed by atoms with van der Waals surface area (Å²) in [6.45, 7) is 2.05. The molecule has 1 fully saturated rings. The Morgan fingerprint density at radius 3 is 2.82 bits per heavy atom. The van der Waals surface area contributed by atoms with Crippen LogP contribution in [0, 0.1) is 11.7 Å². The molecule has 1 aromatic carbocycles. The molecule has 0 radical (unpaired) electrons. The summed E-state index contributed by atoms with van der Waals surface area (Å²) in [5.41, 5.74) is 0.134. The minimum atomic E-state index is -4.13. The molecule has 1 saturated heterocycles. The van der Waals surface area contributed by atoms with Crippen LogP contribution < -0.4 is 10.5 Å². The topological polar surface area (TPSA) is 92.5 Å². The smallest absolute Gasteiger partial charge is 0.253 e. The van der Waals surface area contributed by atoms with Crippen molar-refractivity contribution in [1.82, 2.24) is 10.2 Å². The molecule has 1 aliphatic rings. The van der Waals surface area contributed by atoms with Crippen molar-refractivity contribution in [1.29, 1.82) is 0 Å². The largest absolute Gasteiger partial charge is 0.338 e. The number of sulfonamides is 1. The molecule has 3 N–H and O–H groups in total. The molecule has 1 atom stereocenters. The van der Waals surface area contributed by atoms with Gasteiger partial charge in [-0.05, 0) is 50.6 Å². The molecule has 2 rings (SSSR count). The van der Waals surface area contributed by atoms with Crippen LogP contribution in [0.3, 0.4) is 0 Å². The summed E-state index contributed by atoms with van der Waals surface area (Å²) < 4.78 is 36.2. The van der Waals surface area contributed by atoms with Gasteiger partial charge in [0.2, 0.25) is 10.0 Å². The fourth-order valence-corrected chi connectivity index (χ4v) is 3.34. The summed E-state index contributed by atoms with van der Waals surface area (Å²) >= 11 is 0. The Hall–Kier alpha value is -1.51. The predicted molar refractivity (Wildman–Crippen MR) is 80.3 cm³/mol. The van der Waals surface area contributed by atoms with Crippen LogP contribution in [0.4, 0.5) is 4.39 Å². The number of primary sulfonamides is 1. The summed E-state index contributed by atoms with van der Waals surface area (Å²) in [6, 6.07) is 3.27. The number of piperidine rings is 1. The van der Waals surface area contributed by atoms with Gasteiger partial charge in [0, 0.05) is 18.7 Å². The SMILES string of the molecule is CNC[C@H]1CCCN(C(=O)c2ccc(S(N)(=O)=O)c(F)c2)C1. The van der Waals surface area contributed by atoms with Gasteiger partial charge in [-0.2, -0.15) is 0 Å². The van der Waals surface area contributed by atoms with Crippen molar-refractivity contribution in [2.24, 2.45) is 11.1 Å². The first-order valence-electron chi connectivity index (χ1n) is 7.09. The Balaban J connectivity index is 2.18. The van der Waals surface area contributed by atoms with Gasteiger partial charge < -0.3 is 10.2 Å². The average molecular weight is 329 g/mol. The van der Waals surface area contributed by atoms with E-state index in [2.05, 4.69) is 5.32 Å². The molecule has 0 aromatic heterocycles. The Labute approximate surface area is 129 Å². The third-order valence-electron chi connectivity index (χ3n) is 3.78. The number of hydrogen-bond acceptors (Lipinski definition) is 4. The third-order valence-corrected chi connectivity index (χ3v) is 4.73. The lowest BCUT2D eigenvalue weighted by Crippen LogP contribution is -2.42. The van der Waals surface area contributed by atoms with Crippen LogP contribution in [0.25, 0.3) is 0 Å². The number of hydrogen-bond donors (Lipinski definition) is 2. The Morgan fingerprint density at radius 2 is 2.23 bits per heavy atom. The van der Waals surface area contributed by atoms with Crippen LogP contribution in [0.5, 0.6) is 0 Å². The normalized spacial score (nSPS) is 19.2. The summed E-state index contributed by atoms with van der Waals surface area (Å²) in [7, 11) is -2.26. The maximum Gasteiger partial charge on any atom is 0.253 e. The quantitative estimate of drug-likeness (QED) is 0.843. The minimum Gasteiger partial charge on any atom is -0.338 e. The molecule has 22 heavy (non-hydrogen) atoms. The van der Waals surface area contributed by atoms with Crippen molar-refractivity contribution in [3.63, 3.8) is 0 Å². The Morgan fingerprint density at radius 1 is 1.50 bits per heavy atom. The summed E-state index contributed by atoms with van der Waals surface area (Å²) in [4.78, 5) is 13.5. The lowest BCUT2D eigenvalue weighted by atomic mass is 9.97. The lowest BCUT2D eigenvalue weighted by Gasteiger charge is -2.32. The van der Waals surface area contributed by atoms with E-state index in [-0.39, 0.29) is 11.5 Å². The molecule has 1 amide bonds. The monoisotopic (exact) mass is 329 g/mol. The number of halogens is 1. The van der Waals surface area contributed by atoms with Crippen LogP contribution in [0.1, 0.15) is 23.2 Å². The molecule has 1 aliphatic heterocycles. The van der Waals surface area contributed by atoms with Crippen molar-refractivity contribution in [3.8, 4) is 0 Å². The molecule has 8 heteroatoms. The van der Waals surface area contributed by atoms with E-state index in [9.17, 15) is 17.6 Å². The Kier molecular flexibility index (Phi) is 5.15. The average Bonchev–Trinajstić information content (AvgIpc) is 2.45. The van der Waals surface area contributed by atoms with Gasteiger partial charge in [0.25, 0.3) is 5.91 Å². The first-order valence-corrected chi connectivity index (χ1v) is 8.63. The molecule has 1 heterocycles. The van der Waals surface area contributed by atoms with Crippen LogP contribution in [-0.4, -0.2) is 45.9 Å². The maximum absolute atomic E-state index is 13.8. The number of carbonyl (C=O) groups is 1. The van der Waals surface area contributed by atoms with Gasteiger partial charge in [0.1, 0.15) is 10.7 Å². The van der Waals surface area contributed by atoms with Gasteiger partial charge in [-0.25, -0.2) is 17.9 Å². The maximum atomic E-state index is 13.8. The van der Waals surface area contributed by atoms with Crippen molar-refractivity contribution in [2.45, 2.75) is 17.7 Å². The molecule has 0 bridgehead atoms. The van der Waals surface area contributed by atoms with Crippen LogP contribution in [0.15, 0.2) is 23.1 Å². The third kappa shape index (κ3) is 3.82. The van der Waals surface area contributed by atoms with E-state index in [1.165, 1.54) is 6.07 Å². The first-order chi connectivity index (χ1) is 10.3. The highest BCUT2D eigenvalue weighted by Gasteiger charge is 2.25. The standard InChI is InChI=1S/C14H20FN3O3S/c1-17-8-10-3-2-6-18(9-10)14(19)11-4-5-13(12(15)7-11)22(16,20)21/h4-5,7,10,17H,2-3,6,8-9H2,1H3,(H2,16,20,21)/t10-/m1/s1. The molecule has 122 valence electrons. The molecule has 6 nitrogen and oxygen atoms in total. The van der Waals surface area contributed by atoms with Crippen LogP contribution in [0.2, 0.25) is 0 Å². The lowest BCUT2D eigenvalue weighted by molar-refractivity contribution is 0.0673. The second kappa shape index (κ2) is 6.72. The zero-order valence-corrected chi connectivity index (χ0v) is 13.2. The molecular weight excluding hydrogens is 309 g/mol. The number of nitrogens with zero attached hydrogens (tertiary/aromatic N) is 1. The van der Waals surface area contributed by atoms with E-state index in [1.807, 2.05) is 7.05 Å². The summed E-state index contributed by atoms with van der Waals surface area (Å²) in [5, 5.41) is 8.00. The van der Waals surface area contributed by atoms with Gasteiger partial charge in [-0.3, -0.25) is 4.79 Å². The van der Waals surface area contributed by atoms with E-state index in [0.717, 1.165) is 31.5 Å². The number of benzene rings is 1. The highest BCUT2D eigenvalue weighted by Crippen LogP contribution is 2.20. The zero-order chi connectivity index (χ0) is 16.3. The second-order valence-electron chi connectivity index (χ2n) is 5.51. The highest BCUT2D eigenvalue weighted by molar-refractivity contribution is 7.89. The van der Waals surface area contributed by atoms with Crippen molar-refractivity contribution >= 4 is 15.9 Å². The zero-order valence-electron chi connectivity index (χ0n) is 12.4. The number of amides is 1. The second-order valence-corrected chi connectivity index (χ2v) is 7.04. The van der Waals surface area contributed by atoms with E-state index >= 15 is 0 Å². The van der Waals surface area contributed by atoms with E-state index < -0.39 is 20.7 Å². The first kappa shape index (κ1) is 16.9. The highest BCUT2D eigenvalue weighted by atomic mass is 32.2. The molecule has 0 unspecified atom stereocenters. The van der Waals surface area contributed by atoms with E-state index in [4.69, 9.17) is 5.14 Å². The number of rotatable bonds is 4. The number of carbonyl (C=O) groups excluding carboxylic acids is 1. The van der Waals surface area contributed by atoms with Crippen molar-refractivity contribution in [3.05, 3.63) is 29.6 Å². The van der Waals surface area contributed by atoms with Gasteiger partial charge in [-0.15, -0.1) is 0 Å². The summed E-state index contributed by atoms with van der Waals surface area (Å²) in [5.74, 6) is -0.922. The number of nitrogens with two attached hydrogens (primary N) is 1. The minimum absolute atomic E-state index is 0.134. The molecule has 0 spiro atoms. The molecule has 0 aliphatic carbocycles. The predicted octanol–water partition coefficient (Wildman–Crippen LogP) is 0.545. The van der Waals surface area contributed by atoms with Crippen LogP contribution in [-0.2, 0) is 10.0 Å². The number of nitrogens with one attached hydrogen (secondary N) is 1. The molecule has 1 aromatic rings.